The molecular weight excluding hydrogens is 353 g/mol. The van der Waals surface area contributed by atoms with E-state index in [1.54, 1.807) is 0 Å². The maximum absolute atomic E-state index is 11.8. The highest BCUT2D eigenvalue weighted by Gasteiger charge is 2.26. The summed E-state index contributed by atoms with van der Waals surface area (Å²) in [4.78, 5) is 14.1. The number of likely N-dealkylation sites (tertiary alicyclic amines) is 1. The van der Waals surface area contributed by atoms with Crippen molar-refractivity contribution < 1.29 is 9.53 Å². The number of esters is 1. The Balaban J connectivity index is 1.90. The van der Waals surface area contributed by atoms with Crippen molar-refractivity contribution in [2.75, 3.05) is 19.7 Å². The molecule has 0 N–H and O–H groups in total. The lowest BCUT2D eigenvalue weighted by Gasteiger charge is -2.31. The minimum absolute atomic E-state index is 0.0326. The second-order valence-corrected chi connectivity index (χ2v) is 6.20. The van der Waals surface area contributed by atoms with Crippen molar-refractivity contribution in [3.05, 3.63) is 33.4 Å². The lowest BCUT2D eigenvalue weighted by atomic mass is 9.98. The molecule has 104 valence electrons. The molecule has 0 spiro atoms. The van der Waals surface area contributed by atoms with Gasteiger partial charge in [0.1, 0.15) is 0 Å². The van der Waals surface area contributed by atoms with Crippen molar-refractivity contribution in [1.82, 2.24) is 4.90 Å². The second kappa shape index (κ2) is 7.24. The number of halogens is 1. The van der Waals surface area contributed by atoms with E-state index in [1.807, 2.05) is 6.92 Å². The molecule has 0 aromatic heterocycles. The quantitative estimate of drug-likeness (QED) is 0.600. The molecule has 1 heterocycles. The van der Waals surface area contributed by atoms with Gasteiger partial charge in [-0.3, -0.25) is 9.69 Å². The Morgan fingerprint density at radius 3 is 2.84 bits per heavy atom. The molecule has 3 nitrogen and oxygen atoms in total. The van der Waals surface area contributed by atoms with Crippen molar-refractivity contribution >= 4 is 28.6 Å². The lowest BCUT2D eigenvalue weighted by Crippen LogP contribution is -2.38. The van der Waals surface area contributed by atoms with Crippen LogP contribution in [0.3, 0.4) is 0 Å². The molecule has 0 bridgehead atoms. The van der Waals surface area contributed by atoms with Crippen LogP contribution in [0, 0.1) is 9.49 Å². The molecule has 1 atom stereocenters. The van der Waals surface area contributed by atoms with Crippen LogP contribution in [0.4, 0.5) is 0 Å². The molecule has 1 aliphatic heterocycles. The third-order valence-electron chi connectivity index (χ3n) is 3.44. The summed E-state index contributed by atoms with van der Waals surface area (Å²) in [6.07, 6.45) is 2.04. The van der Waals surface area contributed by atoms with Crippen LogP contribution in [0.2, 0.25) is 0 Å². The van der Waals surface area contributed by atoms with Gasteiger partial charge in [0, 0.05) is 16.7 Å². The molecule has 1 aromatic carbocycles. The van der Waals surface area contributed by atoms with Crippen molar-refractivity contribution in [3.63, 3.8) is 0 Å². The standard InChI is InChI=1S/C15H20INO2/c1-2-19-15(18)13-4-3-9-17(11-13)10-12-5-7-14(16)8-6-12/h5-8,13H,2-4,9-11H2,1H3/t13-/m0/s1. The number of ether oxygens (including phenoxy) is 1. The van der Waals surface area contributed by atoms with Crippen molar-refractivity contribution in [1.29, 1.82) is 0 Å². The van der Waals surface area contributed by atoms with Crippen LogP contribution >= 0.6 is 22.6 Å². The number of hydrogen-bond donors (Lipinski definition) is 0. The van der Waals surface area contributed by atoms with Gasteiger partial charge in [0.15, 0.2) is 0 Å². The van der Waals surface area contributed by atoms with Gasteiger partial charge >= 0.3 is 5.97 Å². The average molecular weight is 373 g/mol. The summed E-state index contributed by atoms with van der Waals surface area (Å²) in [5.41, 5.74) is 1.31. The predicted molar refractivity (Wildman–Crippen MR) is 83.8 cm³/mol. The Morgan fingerprint density at radius 1 is 1.42 bits per heavy atom. The van der Waals surface area contributed by atoms with E-state index in [0.717, 1.165) is 32.5 Å². The summed E-state index contributed by atoms with van der Waals surface area (Å²) in [7, 11) is 0. The Hall–Kier alpha value is -0.620. The van der Waals surface area contributed by atoms with Crippen molar-refractivity contribution in [3.8, 4) is 0 Å². The number of benzene rings is 1. The molecule has 0 amide bonds. The van der Waals surface area contributed by atoms with E-state index in [-0.39, 0.29) is 11.9 Å². The van der Waals surface area contributed by atoms with Crippen LogP contribution in [-0.4, -0.2) is 30.6 Å². The molecule has 19 heavy (non-hydrogen) atoms. The second-order valence-electron chi connectivity index (χ2n) is 4.95. The number of piperidine rings is 1. The highest BCUT2D eigenvalue weighted by atomic mass is 127. The first-order chi connectivity index (χ1) is 9.19. The zero-order chi connectivity index (χ0) is 13.7. The summed E-state index contributed by atoms with van der Waals surface area (Å²) in [6.45, 7) is 5.16. The first kappa shape index (κ1) is 14.8. The van der Waals surface area contributed by atoms with Gasteiger partial charge in [-0.1, -0.05) is 12.1 Å². The Kier molecular flexibility index (Phi) is 5.63. The molecule has 1 fully saturated rings. The molecule has 0 aliphatic carbocycles. The number of rotatable bonds is 4. The fourth-order valence-corrected chi connectivity index (χ4v) is 2.86. The van der Waals surface area contributed by atoms with Crippen LogP contribution in [0.25, 0.3) is 0 Å². The van der Waals surface area contributed by atoms with Crippen LogP contribution in [-0.2, 0) is 16.1 Å². The Morgan fingerprint density at radius 2 is 2.16 bits per heavy atom. The highest BCUT2D eigenvalue weighted by molar-refractivity contribution is 14.1. The summed E-state index contributed by atoms with van der Waals surface area (Å²) >= 11 is 2.31. The highest BCUT2D eigenvalue weighted by Crippen LogP contribution is 2.20. The molecule has 0 radical (unpaired) electrons. The number of carbonyl (C=O) groups is 1. The van der Waals surface area contributed by atoms with Gasteiger partial charge in [0.05, 0.1) is 12.5 Å². The van der Waals surface area contributed by atoms with E-state index in [2.05, 4.69) is 51.8 Å². The van der Waals surface area contributed by atoms with E-state index < -0.39 is 0 Å². The predicted octanol–water partition coefficient (Wildman–Crippen LogP) is 3.07. The van der Waals surface area contributed by atoms with E-state index in [1.165, 1.54) is 9.13 Å². The molecule has 0 unspecified atom stereocenters. The van der Waals surface area contributed by atoms with Crippen molar-refractivity contribution in [2.24, 2.45) is 5.92 Å². The summed E-state index contributed by atoms with van der Waals surface area (Å²) in [5, 5.41) is 0. The van der Waals surface area contributed by atoms with Gasteiger partial charge in [-0.2, -0.15) is 0 Å². The lowest BCUT2D eigenvalue weighted by molar-refractivity contribution is -0.150. The monoisotopic (exact) mass is 373 g/mol. The normalized spacial score (nSPS) is 20.2. The minimum atomic E-state index is -0.0326. The Bertz CT molecular complexity index is 419. The maximum atomic E-state index is 11.8. The topological polar surface area (TPSA) is 29.5 Å². The van der Waals surface area contributed by atoms with E-state index in [4.69, 9.17) is 4.74 Å². The van der Waals surface area contributed by atoms with Gasteiger partial charge in [-0.05, 0) is 66.6 Å². The number of nitrogens with zero attached hydrogens (tertiary/aromatic N) is 1. The molecular formula is C15H20INO2. The fraction of sp³-hybridized carbons (Fsp3) is 0.533. The third kappa shape index (κ3) is 4.45. The summed E-state index contributed by atoms with van der Waals surface area (Å²) < 4.78 is 6.38. The van der Waals surface area contributed by atoms with Crippen LogP contribution in [0.1, 0.15) is 25.3 Å². The fourth-order valence-electron chi connectivity index (χ4n) is 2.50. The Labute approximate surface area is 128 Å². The van der Waals surface area contributed by atoms with Gasteiger partial charge in [0.2, 0.25) is 0 Å². The van der Waals surface area contributed by atoms with Gasteiger partial charge in [-0.15, -0.1) is 0 Å². The summed E-state index contributed by atoms with van der Waals surface area (Å²) in [6, 6.07) is 8.58. The zero-order valence-corrected chi connectivity index (χ0v) is 13.4. The van der Waals surface area contributed by atoms with Crippen LogP contribution in [0.15, 0.2) is 24.3 Å². The zero-order valence-electron chi connectivity index (χ0n) is 11.3. The molecule has 0 saturated carbocycles. The number of carbonyl (C=O) groups excluding carboxylic acids is 1. The smallest absolute Gasteiger partial charge is 0.310 e. The number of hydrogen-bond acceptors (Lipinski definition) is 3. The minimum Gasteiger partial charge on any atom is -0.466 e. The van der Waals surface area contributed by atoms with Crippen LogP contribution in [0.5, 0.6) is 0 Å². The molecule has 2 rings (SSSR count). The van der Waals surface area contributed by atoms with E-state index in [9.17, 15) is 4.79 Å². The third-order valence-corrected chi connectivity index (χ3v) is 4.16. The molecule has 1 aromatic rings. The molecule has 1 saturated heterocycles. The SMILES string of the molecule is CCOC(=O)[C@H]1CCCN(Cc2ccc(I)cc2)C1. The van der Waals surface area contributed by atoms with E-state index >= 15 is 0 Å². The largest absolute Gasteiger partial charge is 0.466 e. The first-order valence-electron chi connectivity index (χ1n) is 6.82. The maximum Gasteiger partial charge on any atom is 0.310 e. The molecule has 1 aliphatic rings. The summed E-state index contributed by atoms with van der Waals surface area (Å²) in [5.74, 6) is 0.0207. The van der Waals surface area contributed by atoms with Crippen molar-refractivity contribution in [2.45, 2.75) is 26.3 Å². The van der Waals surface area contributed by atoms with Gasteiger partial charge in [-0.25, -0.2) is 0 Å². The van der Waals surface area contributed by atoms with Crippen LogP contribution < -0.4 is 0 Å². The van der Waals surface area contributed by atoms with Gasteiger partial charge < -0.3 is 4.74 Å². The first-order valence-corrected chi connectivity index (χ1v) is 7.90. The van der Waals surface area contributed by atoms with E-state index in [0.29, 0.717) is 6.61 Å². The molecule has 4 heteroatoms. The average Bonchev–Trinajstić information content (AvgIpc) is 2.42. The van der Waals surface area contributed by atoms with Gasteiger partial charge in [0.25, 0.3) is 0 Å².